The van der Waals surface area contributed by atoms with Crippen molar-refractivity contribution in [2.75, 3.05) is 38.5 Å². The topological polar surface area (TPSA) is 265 Å². The number of carbonyl (C=O) groups is 6. The highest BCUT2D eigenvalue weighted by molar-refractivity contribution is 6.06. The van der Waals surface area contributed by atoms with Gasteiger partial charge >= 0.3 is 11.9 Å². The van der Waals surface area contributed by atoms with Gasteiger partial charge in [-0.2, -0.15) is 0 Å². The predicted octanol–water partition coefficient (Wildman–Crippen LogP) is 1.48. The summed E-state index contributed by atoms with van der Waals surface area (Å²) in [6.07, 6.45) is 7.58. The number of para-hydroxylation sites is 1. The van der Waals surface area contributed by atoms with Gasteiger partial charge in [-0.1, -0.05) is 63.6 Å². The molecule has 0 heterocycles. The highest BCUT2D eigenvalue weighted by Gasteiger charge is 2.27. The van der Waals surface area contributed by atoms with Gasteiger partial charge in [-0.15, -0.1) is 0 Å². The first kappa shape index (κ1) is 44.5. The Kier molecular flexibility index (Phi) is 22.9. The molecule has 0 spiro atoms. The van der Waals surface area contributed by atoms with Gasteiger partial charge in [0, 0.05) is 75.9 Å². The number of aliphatic carboxylic acids is 2. The van der Waals surface area contributed by atoms with E-state index in [1.54, 1.807) is 31.3 Å². The molecule has 1 aromatic carbocycles. The maximum Gasteiger partial charge on any atom is 0.326 e. The lowest BCUT2D eigenvalue weighted by Gasteiger charge is -2.22. The average molecular weight is 719 g/mol. The second kappa shape index (κ2) is 26.3. The highest BCUT2D eigenvalue weighted by atomic mass is 16.4. The standard InChI is InChI=1S/C35H58N8O8/c1-3-4-5-6-7-8-9-15-30(44)40-21-20-39-23-26(37)33(48)43-29(22-25(36)24-13-10-11-14-27(24)38-2)34(49)41-19-18-28(35(50)51)42-31(45)16-12-17-32(46)47/h10-11,13-14,26,28-29,36,38-39H,3-9,12,15-23,37H2,1-2H3,(H,40,44)(H,41,49)(H,42,45)(H,43,48)(H,46,47)(H,50,51). The molecule has 0 aliphatic heterocycles. The number of hydrogen-bond acceptors (Lipinski definition) is 10. The Morgan fingerprint density at radius 1 is 0.765 bits per heavy atom. The van der Waals surface area contributed by atoms with Gasteiger partial charge in [-0.25, -0.2) is 4.79 Å². The van der Waals surface area contributed by atoms with Crippen LogP contribution in [-0.4, -0.2) is 103 Å². The highest BCUT2D eigenvalue weighted by Crippen LogP contribution is 2.17. The maximum absolute atomic E-state index is 13.3. The number of nitrogens with two attached hydrogens (primary N) is 1. The number of nitrogens with one attached hydrogen (secondary N) is 7. The third-order valence-corrected chi connectivity index (χ3v) is 8.06. The first-order chi connectivity index (χ1) is 24.4. The number of unbranched alkanes of at least 4 members (excludes halogenated alkanes) is 6. The summed E-state index contributed by atoms with van der Waals surface area (Å²) in [4.78, 5) is 72.9. The van der Waals surface area contributed by atoms with Crippen LogP contribution in [0.4, 0.5) is 5.69 Å². The minimum atomic E-state index is -1.35. The van der Waals surface area contributed by atoms with Gasteiger partial charge in [0.2, 0.25) is 23.6 Å². The van der Waals surface area contributed by atoms with Crippen molar-refractivity contribution in [3.63, 3.8) is 0 Å². The van der Waals surface area contributed by atoms with Crippen LogP contribution in [0.1, 0.15) is 96.0 Å². The zero-order chi connectivity index (χ0) is 38.0. The van der Waals surface area contributed by atoms with E-state index >= 15 is 0 Å². The molecule has 0 fully saturated rings. The molecule has 1 rings (SSSR count). The summed E-state index contributed by atoms with van der Waals surface area (Å²) in [5.74, 6) is -4.41. The lowest BCUT2D eigenvalue weighted by molar-refractivity contribution is -0.142. The Bertz CT molecular complexity index is 1280. The van der Waals surface area contributed by atoms with Crippen molar-refractivity contribution in [1.82, 2.24) is 26.6 Å². The number of amides is 4. The molecule has 16 nitrogen and oxygen atoms in total. The van der Waals surface area contributed by atoms with E-state index in [2.05, 4.69) is 38.8 Å². The summed E-state index contributed by atoms with van der Waals surface area (Å²) < 4.78 is 0. The van der Waals surface area contributed by atoms with Crippen LogP contribution in [0.25, 0.3) is 0 Å². The number of carboxylic acid groups (broad SMARTS) is 2. The number of hydrogen-bond donors (Lipinski definition) is 10. The molecule has 4 amide bonds. The van der Waals surface area contributed by atoms with Gasteiger partial charge in [-0.05, 0) is 25.3 Å². The fourth-order valence-corrected chi connectivity index (χ4v) is 5.12. The Hall–Kier alpha value is -4.57. The number of carbonyl (C=O) groups excluding carboxylic acids is 4. The number of benzene rings is 1. The van der Waals surface area contributed by atoms with Crippen molar-refractivity contribution in [1.29, 1.82) is 5.41 Å². The Labute approximate surface area is 300 Å². The minimum absolute atomic E-state index is 0.0312. The molecule has 0 bridgehead atoms. The molecule has 286 valence electrons. The van der Waals surface area contributed by atoms with Crippen molar-refractivity contribution in [2.24, 2.45) is 5.73 Å². The molecule has 0 aliphatic carbocycles. The molecule has 3 atom stereocenters. The van der Waals surface area contributed by atoms with Gasteiger partial charge in [-0.3, -0.25) is 24.0 Å². The van der Waals surface area contributed by atoms with Crippen LogP contribution >= 0.6 is 0 Å². The molecule has 0 aromatic heterocycles. The van der Waals surface area contributed by atoms with Crippen molar-refractivity contribution in [3.8, 4) is 0 Å². The molecule has 16 heteroatoms. The van der Waals surface area contributed by atoms with Gasteiger partial charge < -0.3 is 53.3 Å². The quantitative estimate of drug-likeness (QED) is 0.0419. The summed E-state index contributed by atoms with van der Waals surface area (Å²) >= 11 is 0. The molecule has 0 radical (unpaired) electrons. The number of carboxylic acids is 2. The fourth-order valence-electron chi connectivity index (χ4n) is 5.12. The number of anilines is 1. The molecule has 51 heavy (non-hydrogen) atoms. The number of rotatable bonds is 29. The first-order valence-corrected chi connectivity index (χ1v) is 17.8. The van der Waals surface area contributed by atoms with Gasteiger partial charge in [0.15, 0.2) is 0 Å². The molecule has 0 aliphatic rings. The van der Waals surface area contributed by atoms with Crippen LogP contribution in [-0.2, 0) is 28.8 Å². The molecular formula is C35H58N8O8. The second-order valence-electron chi connectivity index (χ2n) is 12.4. The van der Waals surface area contributed by atoms with E-state index < -0.39 is 47.8 Å². The third kappa shape index (κ3) is 20.0. The normalized spacial score (nSPS) is 12.5. The van der Waals surface area contributed by atoms with Crippen LogP contribution in [0.3, 0.4) is 0 Å². The Morgan fingerprint density at radius 3 is 2.10 bits per heavy atom. The zero-order valence-corrected chi connectivity index (χ0v) is 30.0. The van der Waals surface area contributed by atoms with Gasteiger partial charge in [0.1, 0.15) is 12.1 Å². The van der Waals surface area contributed by atoms with E-state index in [4.69, 9.17) is 16.2 Å². The largest absolute Gasteiger partial charge is 0.481 e. The molecule has 1 aromatic rings. The maximum atomic E-state index is 13.3. The van der Waals surface area contributed by atoms with Gasteiger partial charge in [0.25, 0.3) is 0 Å². The molecule has 0 saturated carbocycles. The molecule has 11 N–H and O–H groups in total. The van der Waals surface area contributed by atoms with E-state index in [1.165, 1.54) is 25.7 Å². The predicted molar refractivity (Wildman–Crippen MR) is 195 cm³/mol. The lowest BCUT2D eigenvalue weighted by atomic mass is 10.00. The van der Waals surface area contributed by atoms with Crippen LogP contribution in [0.15, 0.2) is 24.3 Å². The van der Waals surface area contributed by atoms with E-state index in [9.17, 15) is 33.9 Å². The first-order valence-electron chi connectivity index (χ1n) is 17.8. The third-order valence-electron chi connectivity index (χ3n) is 8.06. The van der Waals surface area contributed by atoms with Crippen LogP contribution in [0, 0.1) is 5.41 Å². The van der Waals surface area contributed by atoms with E-state index in [-0.39, 0.29) is 56.8 Å². The summed E-state index contributed by atoms with van der Waals surface area (Å²) in [5.41, 5.74) is 7.31. The van der Waals surface area contributed by atoms with E-state index in [1.807, 2.05) is 0 Å². The zero-order valence-electron chi connectivity index (χ0n) is 30.0. The van der Waals surface area contributed by atoms with Crippen molar-refractivity contribution in [2.45, 2.75) is 109 Å². The van der Waals surface area contributed by atoms with Crippen LogP contribution in [0.2, 0.25) is 0 Å². The monoisotopic (exact) mass is 718 g/mol. The molecular weight excluding hydrogens is 660 g/mol. The SMILES string of the molecule is CCCCCCCCCC(=O)NCCNCC(N)C(=O)NC(CC(=N)c1ccccc1NC)C(=O)NCCC(NC(=O)CCCC(=O)O)C(=O)O. The smallest absolute Gasteiger partial charge is 0.326 e. The summed E-state index contributed by atoms with van der Waals surface area (Å²) in [5, 5.41) is 43.3. The van der Waals surface area contributed by atoms with Crippen LogP contribution in [0.5, 0.6) is 0 Å². The average Bonchev–Trinajstić information content (AvgIpc) is 3.09. The van der Waals surface area contributed by atoms with Crippen molar-refractivity contribution < 1.29 is 39.0 Å². The van der Waals surface area contributed by atoms with Gasteiger partial charge in [0.05, 0.1) is 6.04 Å². The summed E-state index contributed by atoms with van der Waals surface area (Å²) in [7, 11) is 1.69. The fraction of sp³-hybridized carbons (Fsp3) is 0.629. The van der Waals surface area contributed by atoms with Crippen LogP contribution < -0.4 is 37.6 Å². The lowest BCUT2D eigenvalue weighted by Crippen LogP contribution is -2.55. The Balaban J connectivity index is 2.70. The minimum Gasteiger partial charge on any atom is -0.481 e. The molecule has 0 saturated heterocycles. The summed E-state index contributed by atoms with van der Waals surface area (Å²) in [6, 6.07) is 3.34. The Morgan fingerprint density at radius 2 is 1.43 bits per heavy atom. The van der Waals surface area contributed by atoms with E-state index in [0.717, 1.165) is 19.3 Å². The van der Waals surface area contributed by atoms with Crippen molar-refractivity contribution in [3.05, 3.63) is 29.8 Å². The second-order valence-corrected chi connectivity index (χ2v) is 12.4. The van der Waals surface area contributed by atoms with Crippen molar-refractivity contribution >= 4 is 47.0 Å². The summed E-state index contributed by atoms with van der Waals surface area (Å²) in [6.45, 7) is 2.78. The molecule has 3 unspecified atom stereocenters. The van der Waals surface area contributed by atoms with E-state index in [0.29, 0.717) is 30.8 Å².